The van der Waals surface area contributed by atoms with Crippen LogP contribution in [-0.2, 0) is 0 Å². The average Bonchev–Trinajstić information content (AvgIpc) is 2.29. The molecule has 0 heterocycles. The summed E-state index contributed by atoms with van der Waals surface area (Å²) in [6.45, 7) is 4.59. The third-order valence-electron chi connectivity index (χ3n) is 2.38. The van der Waals surface area contributed by atoms with Crippen molar-refractivity contribution in [3.8, 4) is 0 Å². The number of anilines is 1. The minimum Gasteiger partial charge on any atom is -0.396 e. The van der Waals surface area contributed by atoms with Gasteiger partial charge in [-0.2, -0.15) is 0 Å². The molecule has 16 heavy (non-hydrogen) atoms. The summed E-state index contributed by atoms with van der Waals surface area (Å²) in [5.74, 6) is 1.09. The number of thioether (sulfide) groups is 1. The molecule has 2 nitrogen and oxygen atoms in total. The molecule has 2 N–H and O–H groups in total. The topological polar surface area (TPSA) is 32.3 Å². The van der Waals surface area contributed by atoms with E-state index in [1.165, 1.54) is 10.6 Å². The van der Waals surface area contributed by atoms with Crippen molar-refractivity contribution in [3.63, 3.8) is 0 Å². The first-order valence-electron chi connectivity index (χ1n) is 5.87. The Labute approximate surface area is 102 Å². The molecule has 0 aliphatic carbocycles. The van der Waals surface area contributed by atoms with E-state index in [-0.39, 0.29) is 6.61 Å². The van der Waals surface area contributed by atoms with Crippen molar-refractivity contribution in [3.05, 3.63) is 24.3 Å². The Kier molecular flexibility index (Phi) is 6.34. The normalized spacial score (nSPS) is 12.4. The molecule has 0 saturated heterocycles. The summed E-state index contributed by atoms with van der Waals surface area (Å²) in [7, 11) is 0. The van der Waals surface area contributed by atoms with Crippen molar-refractivity contribution < 1.29 is 5.11 Å². The van der Waals surface area contributed by atoms with Gasteiger partial charge in [-0.1, -0.05) is 19.1 Å². The molecule has 3 heteroatoms. The predicted octanol–water partition coefficient (Wildman–Crippen LogP) is 3.37. The molecule has 0 aromatic heterocycles. The Morgan fingerprint density at radius 2 is 2.12 bits per heavy atom. The second kappa shape index (κ2) is 7.58. The van der Waals surface area contributed by atoms with E-state index in [1.807, 2.05) is 11.8 Å². The molecule has 0 amide bonds. The quantitative estimate of drug-likeness (QED) is 0.716. The summed E-state index contributed by atoms with van der Waals surface area (Å²) in [4.78, 5) is 1.31. The Balaban J connectivity index is 2.57. The van der Waals surface area contributed by atoms with Crippen LogP contribution in [0.4, 0.5) is 5.69 Å². The van der Waals surface area contributed by atoms with Crippen LogP contribution in [0, 0.1) is 0 Å². The van der Waals surface area contributed by atoms with Gasteiger partial charge >= 0.3 is 0 Å². The summed E-state index contributed by atoms with van der Waals surface area (Å²) in [6, 6.07) is 8.80. The van der Waals surface area contributed by atoms with Crippen molar-refractivity contribution in [2.45, 2.75) is 37.6 Å². The van der Waals surface area contributed by atoms with Gasteiger partial charge in [0.2, 0.25) is 0 Å². The molecule has 0 aliphatic heterocycles. The molecule has 1 unspecified atom stereocenters. The first-order valence-corrected chi connectivity index (χ1v) is 6.85. The molecule has 1 aromatic rings. The second-order valence-electron chi connectivity index (χ2n) is 3.84. The van der Waals surface area contributed by atoms with Crippen LogP contribution in [0.3, 0.4) is 0 Å². The number of aliphatic hydroxyl groups is 1. The van der Waals surface area contributed by atoms with Crippen LogP contribution in [0.2, 0.25) is 0 Å². The Morgan fingerprint density at radius 3 is 2.81 bits per heavy atom. The molecule has 0 radical (unpaired) electrons. The van der Waals surface area contributed by atoms with Gasteiger partial charge in [0, 0.05) is 23.2 Å². The van der Waals surface area contributed by atoms with E-state index in [2.05, 4.69) is 43.4 Å². The van der Waals surface area contributed by atoms with Crippen molar-refractivity contribution >= 4 is 17.4 Å². The molecule has 1 atom stereocenters. The standard InChI is InChI=1S/C13H21NOS/c1-3-16-13-9-5-4-8-12(13)14-11(2)7-6-10-15/h4-5,8-9,11,14-15H,3,6-7,10H2,1-2H3. The number of rotatable bonds is 7. The van der Waals surface area contributed by atoms with E-state index >= 15 is 0 Å². The largest absolute Gasteiger partial charge is 0.396 e. The van der Waals surface area contributed by atoms with Gasteiger partial charge in [-0.05, 0) is 37.7 Å². The van der Waals surface area contributed by atoms with Gasteiger partial charge in [0.25, 0.3) is 0 Å². The fraction of sp³-hybridized carbons (Fsp3) is 0.538. The summed E-state index contributed by atoms with van der Waals surface area (Å²) in [5.41, 5.74) is 1.21. The molecule has 0 fully saturated rings. The molecule has 0 aliphatic rings. The molecule has 0 bridgehead atoms. The zero-order chi connectivity index (χ0) is 11.8. The number of aliphatic hydroxyl groups excluding tert-OH is 1. The highest BCUT2D eigenvalue weighted by Crippen LogP contribution is 2.27. The lowest BCUT2D eigenvalue weighted by Crippen LogP contribution is -2.15. The molecule has 1 rings (SSSR count). The second-order valence-corrected chi connectivity index (χ2v) is 5.15. The van der Waals surface area contributed by atoms with Crippen molar-refractivity contribution in [1.29, 1.82) is 0 Å². The van der Waals surface area contributed by atoms with Crippen LogP contribution in [-0.4, -0.2) is 23.5 Å². The lowest BCUT2D eigenvalue weighted by molar-refractivity contribution is 0.282. The highest BCUT2D eigenvalue weighted by Gasteiger charge is 2.05. The Morgan fingerprint density at radius 1 is 1.38 bits per heavy atom. The number of nitrogens with one attached hydrogen (secondary N) is 1. The van der Waals surface area contributed by atoms with Crippen molar-refractivity contribution in [2.75, 3.05) is 17.7 Å². The maximum atomic E-state index is 8.79. The molecule has 1 aromatic carbocycles. The minimum absolute atomic E-state index is 0.275. The SMILES string of the molecule is CCSc1ccccc1NC(C)CCCO. The first kappa shape index (κ1) is 13.4. The highest BCUT2D eigenvalue weighted by atomic mass is 32.2. The summed E-state index contributed by atoms with van der Waals surface area (Å²) in [6.07, 6.45) is 1.86. The van der Waals surface area contributed by atoms with Crippen LogP contribution < -0.4 is 5.32 Å². The maximum Gasteiger partial charge on any atom is 0.0480 e. The first-order chi connectivity index (χ1) is 7.77. The van der Waals surface area contributed by atoms with Gasteiger partial charge in [0.05, 0.1) is 0 Å². The van der Waals surface area contributed by atoms with E-state index < -0.39 is 0 Å². The van der Waals surface area contributed by atoms with E-state index in [0.717, 1.165) is 18.6 Å². The van der Waals surface area contributed by atoms with Gasteiger partial charge in [-0.25, -0.2) is 0 Å². The lowest BCUT2D eigenvalue weighted by Gasteiger charge is -2.17. The number of hydrogen-bond donors (Lipinski definition) is 2. The van der Waals surface area contributed by atoms with Gasteiger partial charge in [0.1, 0.15) is 0 Å². The van der Waals surface area contributed by atoms with Crippen LogP contribution in [0.25, 0.3) is 0 Å². The zero-order valence-corrected chi connectivity index (χ0v) is 10.9. The average molecular weight is 239 g/mol. The van der Waals surface area contributed by atoms with Crippen LogP contribution in [0.15, 0.2) is 29.2 Å². The maximum absolute atomic E-state index is 8.79. The predicted molar refractivity (Wildman–Crippen MR) is 72.2 cm³/mol. The fourth-order valence-electron chi connectivity index (χ4n) is 1.60. The van der Waals surface area contributed by atoms with Crippen LogP contribution in [0.5, 0.6) is 0 Å². The molecule has 0 spiro atoms. The molecular formula is C13H21NOS. The van der Waals surface area contributed by atoms with E-state index in [1.54, 1.807) is 0 Å². The van der Waals surface area contributed by atoms with E-state index in [4.69, 9.17) is 5.11 Å². The molecule has 90 valence electrons. The van der Waals surface area contributed by atoms with Gasteiger partial charge in [0.15, 0.2) is 0 Å². The summed E-state index contributed by atoms with van der Waals surface area (Å²) >= 11 is 1.86. The summed E-state index contributed by atoms with van der Waals surface area (Å²) in [5, 5.41) is 12.3. The van der Waals surface area contributed by atoms with Gasteiger partial charge in [-0.15, -0.1) is 11.8 Å². The number of para-hydroxylation sites is 1. The lowest BCUT2D eigenvalue weighted by atomic mass is 10.2. The monoisotopic (exact) mass is 239 g/mol. The van der Waals surface area contributed by atoms with E-state index in [9.17, 15) is 0 Å². The molecular weight excluding hydrogens is 218 g/mol. The van der Waals surface area contributed by atoms with Gasteiger partial charge < -0.3 is 10.4 Å². The minimum atomic E-state index is 0.275. The van der Waals surface area contributed by atoms with Crippen LogP contribution >= 0.6 is 11.8 Å². The summed E-state index contributed by atoms with van der Waals surface area (Å²) < 4.78 is 0. The zero-order valence-electron chi connectivity index (χ0n) is 10.1. The van der Waals surface area contributed by atoms with Crippen LogP contribution in [0.1, 0.15) is 26.7 Å². The third-order valence-corrected chi connectivity index (χ3v) is 3.34. The Bertz CT molecular complexity index is 304. The van der Waals surface area contributed by atoms with Crippen molar-refractivity contribution in [1.82, 2.24) is 0 Å². The smallest absolute Gasteiger partial charge is 0.0480 e. The Hall–Kier alpha value is -0.670. The highest BCUT2D eigenvalue weighted by molar-refractivity contribution is 7.99. The number of hydrogen-bond acceptors (Lipinski definition) is 3. The van der Waals surface area contributed by atoms with E-state index in [0.29, 0.717) is 6.04 Å². The van der Waals surface area contributed by atoms with Gasteiger partial charge in [-0.3, -0.25) is 0 Å². The third kappa shape index (κ3) is 4.45. The van der Waals surface area contributed by atoms with Crippen molar-refractivity contribution in [2.24, 2.45) is 0 Å². The molecule has 0 saturated carbocycles. The fourth-order valence-corrected chi connectivity index (χ4v) is 2.37. The number of benzene rings is 1.